The van der Waals surface area contributed by atoms with Crippen molar-refractivity contribution in [2.24, 2.45) is 16.5 Å². The summed E-state index contributed by atoms with van der Waals surface area (Å²) in [5.41, 5.74) is 15.2. The second kappa shape index (κ2) is 11.1. The first-order chi connectivity index (χ1) is 16.8. The third-order valence-electron chi connectivity index (χ3n) is 5.37. The number of nitrogens with one attached hydrogen (secondary N) is 2. The normalized spacial score (nSPS) is 13.9. The van der Waals surface area contributed by atoms with Crippen molar-refractivity contribution in [1.29, 1.82) is 0 Å². The Labute approximate surface area is 209 Å². The molecule has 1 aliphatic heterocycles. The molecule has 0 atom stereocenters. The Morgan fingerprint density at radius 2 is 1.89 bits per heavy atom. The number of nitrogens with two attached hydrogens (primary N) is 2. The predicted molar refractivity (Wildman–Crippen MR) is 141 cm³/mol. The number of H-pyrrole nitrogens is 1. The number of carbonyl (C=O) groups is 1. The Hall–Kier alpha value is -3.85. The number of amides is 1. The third-order valence-corrected chi connectivity index (χ3v) is 6.27. The molecular weight excluding hydrogens is 458 g/mol. The Bertz CT molecular complexity index is 1250. The summed E-state index contributed by atoms with van der Waals surface area (Å²) in [6, 6.07) is 17.6. The lowest BCUT2D eigenvalue weighted by molar-refractivity contribution is -0.420. The van der Waals surface area contributed by atoms with Crippen LogP contribution in [0.25, 0.3) is 0 Å². The number of hydrogen-bond donors (Lipinski definition) is 3. The fourth-order valence-electron chi connectivity index (χ4n) is 3.48. The number of allylic oxidation sites excluding steroid dienone is 1. The number of nitrogens with zero attached hydrogens (tertiary/aromatic N) is 3. The molecule has 8 nitrogen and oxygen atoms in total. The number of benzene rings is 2. The average Bonchev–Trinajstić information content (AvgIpc) is 2.75. The zero-order valence-electron chi connectivity index (χ0n) is 19.9. The number of rotatable bonds is 8. The third kappa shape index (κ3) is 7.07. The van der Waals surface area contributed by atoms with E-state index in [1.807, 2.05) is 61.5 Å². The van der Waals surface area contributed by atoms with Crippen molar-refractivity contribution in [3.05, 3.63) is 77.5 Å². The summed E-state index contributed by atoms with van der Waals surface area (Å²) in [6.45, 7) is 5.77. The van der Waals surface area contributed by atoms with Gasteiger partial charge in [0, 0.05) is 22.7 Å². The first-order valence-corrected chi connectivity index (χ1v) is 12.3. The molecule has 0 unspecified atom stereocenters. The van der Waals surface area contributed by atoms with Crippen molar-refractivity contribution in [2.45, 2.75) is 36.7 Å². The van der Waals surface area contributed by atoms with E-state index in [1.54, 1.807) is 13.0 Å². The SMILES string of the molecule is C/C(N)=C/C(N)=Nc1cc(N2CCC2)[nH+]c(Sc2ccc(NC(=O)Cc3ccc(C)cc3)cc2)n1. The van der Waals surface area contributed by atoms with Gasteiger partial charge in [0.25, 0.3) is 0 Å². The minimum absolute atomic E-state index is 0.0478. The number of aromatic amines is 1. The Morgan fingerprint density at radius 3 is 2.51 bits per heavy atom. The zero-order valence-corrected chi connectivity index (χ0v) is 20.7. The van der Waals surface area contributed by atoms with E-state index >= 15 is 0 Å². The van der Waals surface area contributed by atoms with E-state index in [-0.39, 0.29) is 5.91 Å². The van der Waals surface area contributed by atoms with Gasteiger partial charge in [-0.15, -0.1) is 0 Å². The number of anilines is 2. The van der Waals surface area contributed by atoms with Gasteiger partial charge in [0.2, 0.25) is 17.5 Å². The molecule has 9 heteroatoms. The van der Waals surface area contributed by atoms with Gasteiger partial charge in [0.15, 0.2) is 0 Å². The summed E-state index contributed by atoms with van der Waals surface area (Å²) in [5.74, 6) is 1.73. The van der Waals surface area contributed by atoms with Gasteiger partial charge >= 0.3 is 5.16 Å². The number of aryl methyl sites for hydroxylation is 1. The van der Waals surface area contributed by atoms with Gasteiger partial charge in [-0.05, 0) is 61.5 Å². The molecule has 1 amide bonds. The summed E-state index contributed by atoms with van der Waals surface area (Å²) >= 11 is 1.48. The number of aromatic nitrogens is 2. The van der Waals surface area contributed by atoms with Crippen LogP contribution in [-0.2, 0) is 11.2 Å². The van der Waals surface area contributed by atoms with Crippen molar-refractivity contribution >= 4 is 40.8 Å². The first kappa shape index (κ1) is 24.3. The van der Waals surface area contributed by atoms with Crippen molar-refractivity contribution < 1.29 is 9.78 Å². The summed E-state index contributed by atoms with van der Waals surface area (Å²) in [4.78, 5) is 28.0. The van der Waals surface area contributed by atoms with Crippen LogP contribution >= 0.6 is 11.8 Å². The van der Waals surface area contributed by atoms with Gasteiger partial charge in [-0.25, -0.2) is 4.98 Å². The van der Waals surface area contributed by atoms with Gasteiger partial charge in [-0.1, -0.05) is 34.8 Å². The van der Waals surface area contributed by atoms with Crippen LogP contribution in [0.15, 0.2) is 81.4 Å². The lowest BCUT2D eigenvalue weighted by Gasteiger charge is -2.26. The first-order valence-electron chi connectivity index (χ1n) is 11.4. The van der Waals surface area contributed by atoms with Crippen LogP contribution in [-0.4, -0.2) is 29.8 Å². The summed E-state index contributed by atoms with van der Waals surface area (Å²) < 4.78 is 0. The van der Waals surface area contributed by atoms with E-state index < -0.39 is 0 Å². The number of carbonyl (C=O) groups excluding carboxylic acids is 1. The number of amidine groups is 1. The Balaban J connectivity index is 1.45. The molecule has 0 saturated carbocycles. The Morgan fingerprint density at radius 1 is 1.17 bits per heavy atom. The molecule has 2 heterocycles. The summed E-state index contributed by atoms with van der Waals surface area (Å²) in [5, 5.41) is 3.66. The summed E-state index contributed by atoms with van der Waals surface area (Å²) in [6.07, 6.45) is 3.11. The van der Waals surface area contributed by atoms with Gasteiger partial charge in [0.1, 0.15) is 5.84 Å². The van der Waals surface area contributed by atoms with Crippen LogP contribution < -0.4 is 26.7 Å². The molecule has 2 aromatic carbocycles. The van der Waals surface area contributed by atoms with Crippen molar-refractivity contribution in [2.75, 3.05) is 23.3 Å². The highest BCUT2D eigenvalue weighted by Gasteiger charge is 2.24. The average molecular weight is 489 g/mol. The maximum Gasteiger partial charge on any atom is 0.303 e. The van der Waals surface area contributed by atoms with Crippen LogP contribution in [0.4, 0.5) is 17.3 Å². The molecule has 0 spiro atoms. The highest BCUT2D eigenvalue weighted by molar-refractivity contribution is 7.99. The fourth-order valence-corrected chi connectivity index (χ4v) is 4.27. The predicted octanol–water partition coefficient (Wildman–Crippen LogP) is 3.60. The van der Waals surface area contributed by atoms with Gasteiger partial charge < -0.3 is 16.8 Å². The maximum atomic E-state index is 12.4. The lowest BCUT2D eigenvalue weighted by atomic mass is 10.1. The van der Waals surface area contributed by atoms with Crippen LogP contribution in [0.2, 0.25) is 0 Å². The van der Waals surface area contributed by atoms with Crippen LogP contribution in [0, 0.1) is 6.92 Å². The standard InChI is InChI=1S/C26H29N7OS/c1-17-4-6-19(7-5-17)15-25(34)29-20-8-10-21(11-9-20)35-26-31-23(30-22(28)14-18(2)27)16-24(32-26)33-12-3-13-33/h4-11,14,16H,3,12-13,15,27H2,1-2H3,(H,29,34)(H2,28,30,31,32)/p+1/b18-14-. The quantitative estimate of drug-likeness (QED) is 0.253. The largest absolute Gasteiger partial charge is 0.402 e. The molecule has 4 rings (SSSR count). The molecule has 3 aromatic rings. The molecule has 35 heavy (non-hydrogen) atoms. The Kier molecular flexibility index (Phi) is 7.67. The van der Waals surface area contributed by atoms with Gasteiger partial charge in [0.05, 0.1) is 25.6 Å². The maximum absolute atomic E-state index is 12.4. The van der Waals surface area contributed by atoms with Gasteiger partial charge in [-0.3, -0.25) is 9.69 Å². The van der Waals surface area contributed by atoms with E-state index in [4.69, 9.17) is 11.5 Å². The molecule has 0 bridgehead atoms. The summed E-state index contributed by atoms with van der Waals surface area (Å²) in [7, 11) is 0. The minimum atomic E-state index is -0.0478. The number of hydrogen-bond acceptors (Lipinski definition) is 6. The van der Waals surface area contributed by atoms with Crippen LogP contribution in [0.3, 0.4) is 0 Å². The van der Waals surface area contributed by atoms with Crippen LogP contribution in [0.5, 0.6) is 0 Å². The monoisotopic (exact) mass is 488 g/mol. The van der Waals surface area contributed by atoms with Crippen molar-refractivity contribution in [3.8, 4) is 0 Å². The van der Waals surface area contributed by atoms with E-state index in [0.29, 0.717) is 28.9 Å². The molecule has 1 aliphatic rings. The second-order valence-corrected chi connectivity index (χ2v) is 9.59. The van der Waals surface area contributed by atoms with Gasteiger partial charge in [-0.2, -0.15) is 4.99 Å². The highest BCUT2D eigenvalue weighted by Crippen LogP contribution is 2.28. The lowest BCUT2D eigenvalue weighted by Crippen LogP contribution is -2.41. The second-order valence-electron chi connectivity index (χ2n) is 8.53. The molecule has 1 aromatic heterocycles. The van der Waals surface area contributed by atoms with E-state index in [2.05, 4.69) is 25.2 Å². The molecule has 180 valence electrons. The topological polar surface area (TPSA) is 124 Å². The minimum Gasteiger partial charge on any atom is -0.402 e. The van der Waals surface area contributed by atoms with E-state index in [9.17, 15) is 4.79 Å². The van der Waals surface area contributed by atoms with Crippen molar-refractivity contribution in [1.82, 2.24) is 4.98 Å². The fraction of sp³-hybridized carbons (Fsp3) is 0.231. The zero-order chi connectivity index (χ0) is 24.8. The molecule has 0 aliphatic carbocycles. The van der Waals surface area contributed by atoms with E-state index in [1.165, 1.54) is 17.3 Å². The molecule has 1 saturated heterocycles. The van der Waals surface area contributed by atoms with E-state index in [0.717, 1.165) is 41.5 Å². The molecule has 1 fully saturated rings. The molecule has 6 N–H and O–H groups in total. The molecular formula is C26H30N7OS+. The smallest absolute Gasteiger partial charge is 0.303 e. The number of aliphatic imine (C=N–C) groups is 1. The molecule has 0 radical (unpaired) electrons. The van der Waals surface area contributed by atoms with Crippen molar-refractivity contribution in [3.63, 3.8) is 0 Å². The van der Waals surface area contributed by atoms with Crippen LogP contribution in [0.1, 0.15) is 24.5 Å². The highest BCUT2D eigenvalue weighted by atomic mass is 32.2.